The standard InChI is InChI=1S/C8H17NO3/c1-3-4-5-6(10)7(9)8(11)12-2/h6-7,10H,3-5,9H2,1-2H3/t6-,7+/m1/s1. The van der Waals surface area contributed by atoms with Gasteiger partial charge in [0.25, 0.3) is 0 Å². The van der Waals surface area contributed by atoms with Gasteiger partial charge in [0.05, 0.1) is 13.2 Å². The number of aliphatic hydroxyl groups excluding tert-OH is 1. The second-order valence-corrected chi connectivity index (χ2v) is 2.76. The molecule has 0 saturated carbocycles. The Hall–Kier alpha value is -0.610. The summed E-state index contributed by atoms with van der Waals surface area (Å²) in [5, 5.41) is 9.32. The molecule has 0 rings (SSSR count). The van der Waals surface area contributed by atoms with Crippen molar-refractivity contribution in [2.24, 2.45) is 5.73 Å². The molecule has 0 aliphatic rings. The van der Waals surface area contributed by atoms with E-state index in [0.717, 1.165) is 12.8 Å². The van der Waals surface area contributed by atoms with E-state index in [0.29, 0.717) is 6.42 Å². The first-order valence-electron chi connectivity index (χ1n) is 4.15. The largest absolute Gasteiger partial charge is 0.468 e. The van der Waals surface area contributed by atoms with Crippen LogP contribution in [0.1, 0.15) is 26.2 Å². The maximum Gasteiger partial charge on any atom is 0.325 e. The monoisotopic (exact) mass is 175 g/mol. The summed E-state index contributed by atoms with van der Waals surface area (Å²) in [6.07, 6.45) is 1.61. The van der Waals surface area contributed by atoms with E-state index >= 15 is 0 Å². The molecule has 72 valence electrons. The number of nitrogens with two attached hydrogens (primary N) is 1. The van der Waals surface area contributed by atoms with Gasteiger partial charge in [-0.05, 0) is 6.42 Å². The normalized spacial score (nSPS) is 15.3. The number of hydrogen-bond acceptors (Lipinski definition) is 4. The van der Waals surface area contributed by atoms with Crippen molar-refractivity contribution in [3.63, 3.8) is 0 Å². The lowest BCUT2D eigenvalue weighted by Crippen LogP contribution is -2.42. The quantitative estimate of drug-likeness (QED) is 0.578. The zero-order valence-electron chi connectivity index (χ0n) is 7.62. The molecule has 4 heteroatoms. The molecular formula is C8H17NO3. The van der Waals surface area contributed by atoms with E-state index in [1.54, 1.807) is 0 Å². The molecule has 0 amide bonds. The second kappa shape index (κ2) is 5.97. The fourth-order valence-electron chi connectivity index (χ4n) is 0.886. The maximum atomic E-state index is 10.8. The van der Waals surface area contributed by atoms with Gasteiger partial charge in [0.15, 0.2) is 0 Å². The third-order valence-corrected chi connectivity index (χ3v) is 1.74. The average Bonchev–Trinajstić information content (AvgIpc) is 2.11. The van der Waals surface area contributed by atoms with Crippen molar-refractivity contribution in [3.8, 4) is 0 Å². The predicted molar refractivity (Wildman–Crippen MR) is 45.5 cm³/mol. The third-order valence-electron chi connectivity index (χ3n) is 1.74. The fraction of sp³-hybridized carbons (Fsp3) is 0.875. The molecule has 0 aromatic heterocycles. The van der Waals surface area contributed by atoms with Crippen LogP contribution in [0.15, 0.2) is 0 Å². The first kappa shape index (κ1) is 11.4. The number of hydrogen-bond donors (Lipinski definition) is 2. The molecule has 0 spiro atoms. The number of methoxy groups -OCH3 is 1. The topological polar surface area (TPSA) is 72.5 Å². The van der Waals surface area contributed by atoms with Gasteiger partial charge in [-0.1, -0.05) is 19.8 Å². The zero-order chi connectivity index (χ0) is 9.56. The Bertz CT molecular complexity index is 138. The number of carbonyl (C=O) groups is 1. The van der Waals surface area contributed by atoms with Crippen molar-refractivity contribution in [3.05, 3.63) is 0 Å². The van der Waals surface area contributed by atoms with Crippen LogP contribution in [0.3, 0.4) is 0 Å². The van der Waals surface area contributed by atoms with Gasteiger partial charge in [0.2, 0.25) is 0 Å². The van der Waals surface area contributed by atoms with Gasteiger partial charge in [-0.25, -0.2) is 0 Å². The first-order valence-corrected chi connectivity index (χ1v) is 4.15. The Balaban J connectivity index is 3.75. The molecule has 0 aliphatic carbocycles. The summed E-state index contributed by atoms with van der Waals surface area (Å²) in [5.74, 6) is -0.557. The van der Waals surface area contributed by atoms with E-state index in [-0.39, 0.29) is 0 Å². The van der Waals surface area contributed by atoms with E-state index < -0.39 is 18.1 Å². The van der Waals surface area contributed by atoms with Crippen LogP contribution < -0.4 is 5.73 Å². The predicted octanol–water partition coefficient (Wildman–Crippen LogP) is 0.0378. The summed E-state index contributed by atoms with van der Waals surface area (Å²) < 4.78 is 4.39. The molecule has 0 heterocycles. The average molecular weight is 175 g/mol. The Morgan fingerprint density at radius 3 is 2.67 bits per heavy atom. The van der Waals surface area contributed by atoms with Crippen molar-refractivity contribution in [2.75, 3.05) is 7.11 Å². The van der Waals surface area contributed by atoms with Gasteiger partial charge in [-0.3, -0.25) is 4.79 Å². The molecule has 0 bridgehead atoms. The lowest BCUT2D eigenvalue weighted by atomic mass is 10.1. The Morgan fingerprint density at radius 2 is 2.25 bits per heavy atom. The van der Waals surface area contributed by atoms with Gasteiger partial charge in [-0.2, -0.15) is 0 Å². The van der Waals surface area contributed by atoms with Crippen LogP contribution in [0.5, 0.6) is 0 Å². The van der Waals surface area contributed by atoms with Crippen molar-refractivity contribution < 1.29 is 14.6 Å². The molecule has 3 N–H and O–H groups in total. The molecule has 12 heavy (non-hydrogen) atoms. The molecule has 0 aliphatic heterocycles. The Labute approximate surface area is 72.7 Å². The van der Waals surface area contributed by atoms with Crippen LogP contribution in [0.4, 0.5) is 0 Å². The molecule has 2 atom stereocenters. The van der Waals surface area contributed by atoms with E-state index in [1.807, 2.05) is 6.92 Å². The molecular weight excluding hydrogens is 158 g/mol. The zero-order valence-corrected chi connectivity index (χ0v) is 7.62. The number of aliphatic hydroxyl groups is 1. The fourth-order valence-corrected chi connectivity index (χ4v) is 0.886. The first-order chi connectivity index (χ1) is 5.63. The molecule has 0 unspecified atom stereocenters. The van der Waals surface area contributed by atoms with E-state index in [9.17, 15) is 9.90 Å². The minimum absolute atomic E-state index is 0.548. The van der Waals surface area contributed by atoms with E-state index in [4.69, 9.17) is 5.73 Å². The number of rotatable bonds is 5. The molecule has 0 aromatic rings. The smallest absolute Gasteiger partial charge is 0.325 e. The number of unbranched alkanes of at least 4 members (excludes halogenated alkanes) is 1. The van der Waals surface area contributed by atoms with Gasteiger partial charge in [0.1, 0.15) is 6.04 Å². The van der Waals surface area contributed by atoms with Gasteiger partial charge in [0, 0.05) is 0 Å². The summed E-state index contributed by atoms with van der Waals surface area (Å²) in [5.41, 5.74) is 5.39. The van der Waals surface area contributed by atoms with Crippen LogP contribution in [-0.4, -0.2) is 30.3 Å². The van der Waals surface area contributed by atoms with Gasteiger partial charge < -0.3 is 15.6 Å². The molecule has 4 nitrogen and oxygen atoms in total. The van der Waals surface area contributed by atoms with Crippen LogP contribution in [0.25, 0.3) is 0 Å². The summed E-state index contributed by atoms with van der Waals surface area (Å²) >= 11 is 0. The summed E-state index contributed by atoms with van der Waals surface area (Å²) in [4.78, 5) is 10.8. The molecule has 0 saturated heterocycles. The van der Waals surface area contributed by atoms with Crippen molar-refractivity contribution >= 4 is 5.97 Å². The number of esters is 1. The van der Waals surface area contributed by atoms with Crippen molar-refractivity contribution in [1.29, 1.82) is 0 Å². The summed E-state index contributed by atoms with van der Waals surface area (Å²) in [6, 6.07) is -0.901. The lowest BCUT2D eigenvalue weighted by molar-refractivity contribution is -0.145. The number of carbonyl (C=O) groups excluding carboxylic acids is 1. The molecule has 0 aromatic carbocycles. The Morgan fingerprint density at radius 1 is 1.67 bits per heavy atom. The minimum atomic E-state index is -0.901. The highest BCUT2D eigenvalue weighted by molar-refractivity contribution is 5.75. The van der Waals surface area contributed by atoms with E-state index in [2.05, 4.69) is 4.74 Å². The highest BCUT2D eigenvalue weighted by atomic mass is 16.5. The van der Waals surface area contributed by atoms with Crippen LogP contribution >= 0.6 is 0 Å². The van der Waals surface area contributed by atoms with E-state index in [1.165, 1.54) is 7.11 Å². The van der Waals surface area contributed by atoms with Gasteiger partial charge in [-0.15, -0.1) is 0 Å². The third kappa shape index (κ3) is 3.69. The maximum absolute atomic E-state index is 10.8. The number of ether oxygens (including phenoxy) is 1. The van der Waals surface area contributed by atoms with Crippen LogP contribution in [0.2, 0.25) is 0 Å². The molecule has 0 radical (unpaired) electrons. The van der Waals surface area contributed by atoms with Crippen LogP contribution in [0, 0.1) is 0 Å². The highest BCUT2D eigenvalue weighted by Crippen LogP contribution is 2.04. The second-order valence-electron chi connectivity index (χ2n) is 2.76. The van der Waals surface area contributed by atoms with Crippen molar-refractivity contribution in [2.45, 2.75) is 38.3 Å². The summed E-state index contributed by atoms with van der Waals surface area (Å²) in [7, 11) is 1.26. The highest BCUT2D eigenvalue weighted by Gasteiger charge is 2.22. The lowest BCUT2D eigenvalue weighted by Gasteiger charge is -2.15. The van der Waals surface area contributed by atoms with Crippen molar-refractivity contribution in [1.82, 2.24) is 0 Å². The minimum Gasteiger partial charge on any atom is -0.468 e. The SMILES string of the molecule is CCCC[C@@H](O)[C@H](N)C(=O)OC. The summed E-state index contributed by atoms with van der Waals surface area (Å²) in [6.45, 7) is 2.01. The molecule has 0 fully saturated rings. The van der Waals surface area contributed by atoms with Gasteiger partial charge >= 0.3 is 5.97 Å². The van der Waals surface area contributed by atoms with Crippen LogP contribution in [-0.2, 0) is 9.53 Å². The Kier molecular flexibility index (Phi) is 5.66.